The van der Waals surface area contributed by atoms with Crippen LogP contribution >= 0.6 is 39.0 Å². The van der Waals surface area contributed by atoms with Crippen molar-refractivity contribution in [1.29, 1.82) is 0 Å². The van der Waals surface area contributed by atoms with Gasteiger partial charge in [-0.3, -0.25) is 4.79 Å². The van der Waals surface area contributed by atoms with Crippen molar-refractivity contribution in [3.05, 3.63) is 20.8 Å². The lowest BCUT2D eigenvalue weighted by Crippen LogP contribution is -2.43. The van der Waals surface area contributed by atoms with Gasteiger partial charge in [0.05, 0.1) is 6.04 Å². The van der Waals surface area contributed by atoms with E-state index in [9.17, 15) is 4.79 Å². The van der Waals surface area contributed by atoms with Gasteiger partial charge in [0.2, 0.25) is 0 Å². The lowest BCUT2D eigenvalue weighted by atomic mass is 10.1. The van der Waals surface area contributed by atoms with E-state index >= 15 is 0 Å². The Morgan fingerprint density at radius 1 is 1.67 bits per heavy atom. The first-order chi connectivity index (χ1) is 7.25. The summed E-state index contributed by atoms with van der Waals surface area (Å²) in [5, 5.41) is 5.29. The van der Waals surface area contributed by atoms with Gasteiger partial charge < -0.3 is 5.32 Å². The van der Waals surface area contributed by atoms with Crippen LogP contribution in [-0.4, -0.2) is 29.9 Å². The van der Waals surface area contributed by atoms with E-state index in [1.54, 1.807) is 11.3 Å². The maximum Gasteiger partial charge on any atom is 0.155 e. The van der Waals surface area contributed by atoms with E-state index in [2.05, 4.69) is 21.2 Å². The van der Waals surface area contributed by atoms with Crippen molar-refractivity contribution < 1.29 is 4.79 Å². The Bertz CT molecular complexity index is 347. The van der Waals surface area contributed by atoms with Crippen LogP contribution in [0.3, 0.4) is 0 Å². The molecule has 0 saturated carbocycles. The highest BCUT2D eigenvalue weighted by molar-refractivity contribution is 9.10. The zero-order valence-corrected chi connectivity index (χ0v) is 11.4. The fraction of sp³-hybridized carbons (Fsp3) is 0.500. The third-order valence-electron chi connectivity index (χ3n) is 2.28. The van der Waals surface area contributed by atoms with E-state index in [0.717, 1.165) is 27.4 Å². The van der Waals surface area contributed by atoms with Crippen LogP contribution in [-0.2, 0) is 11.2 Å². The Balaban J connectivity index is 1.91. The van der Waals surface area contributed by atoms with Gasteiger partial charge >= 0.3 is 0 Å². The Labute approximate surface area is 106 Å². The second-order valence-corrected chi connectivity index (χ2v) is 6.52. The van der Waals surface area contributed by atoms with Crippen molar-refractivity contribution >= 4 is 44.8 Å². The summed E-state index contributed by atoms with van der Waals surface area (Å²) in [6.07, 6.45) is 0.564. The molecule has 1 N–H and O–H groups in total. The summed E-state index contributed by atoms with van der Waals surface area (Å²) >= 11 is 6.89. The summed E-state index contributed by atoms with van der Waals surface area (Å²) in [7, 11) is 0. The van der Waals surface area contributed by atoms with E-state index in [1.165, 1.54) is 0 Å². The maximum absolute atomic E-state index is 11.9. The van der Waals surface area contributed by atoms with E-state index in [0.29, 0.717) is 12.2 Å². The van der Waals surface area contributed by atoms with Gasteiger partial charge in [-0.2, -0.15) is 11.8 Å². The third-order valence-corrected chi connectivity index (χ3v) is 5.04. The molecule has 1 aromatic rings. The molecule has 15 heavy (non-hydrogen) atoms. The third kappa shape index (κ3) is 3.31. The predicted molar refractivity (Wildman–Crippen MR) is 69.8 cm³/mol. The summed E-state index contributed by atoms with van der Waals surface area (Å²) < 4.78 is 1.07. The molecule has 2 rings (SSSR count). The average Bonchev–Trinajstić information content (AvgIpc) is 2.65. The molecule has 0 amide bonds. The topological polar surface area (TPSA) is 29.1 Å². The Kier molecular flexibility index (Phi) is 4.25. The number of thioether (sulfide) groups is 1. The molecule has 1 saturated heterocycles. The van der Waals surface area contributed by atoms with E-state index in [-0.39, 0.29) is 6.04 Å². The number of Topliss-reactive ketones (excluding diaryl/α,β-unsaturated/α-hetero) is 1. The zero-order valence-electron chi connectivity index (χ0n) is 8.16. The molecular weight excluding hydrogens is 294 g/mol. The van der Waals surface area contributed by atoms with Gasteiger partial charge in [-0.1, -0.05) is 0 Å². The minimum Gasteiger partial charge on any atom is -0.306 e. The van der Waals surface area contributed by atoms with Crippen molar-refractivity contribution in [1.82, 2.24) is 5.32 Å². The van der Waals surface area contributed by atoms with Crippen LogP contribution in [0.1, 0.15) is 4.88 Å². The van der Waals surface area contributed by atoms with Gasteiger partial charge in [0.15, 0.2) is 5.78 Å². The van der Waals surface area contributed by atoms with Crippen molar-refractivity contribution in [3.63, 3.8) is 0 Å². The molecule has 0 aliphatic carbocycles. The van der Waals surface area contributed by atoms with Gasteiger partial charge in [-0.15, -0.1) is 11.3 Å². The van der Waals surface area contributed by atoms with E-state index in [4.69, 9.17) is 0 Å². The van der Waals surface area contributed by atoms with Crippen molar-refractivity contribution in [2.45, 2.75) is 12.5 Å². The summed E-state index contributed by atoms with van der Waals surface area (Å²) in [4.78, 5) is 13.0. The fourth-order valence-electron chi connectivity index (χ4n) is 1.51. The molecule has 1 aliphatic rings. The molecular formula is C10H12BrNOS2. The highest BCUT2D eigenvalue weighted by Gasteiger charge is 2.21. The molecule has 1 unspecified atom stereocenters. The first-order valence-electron chi connectivity index (χ1n) is 4.82. The molecule has 1 aliphatic heterocycles. The second kappa shape index (κ2) is 5.48. The van der Waals surface area contributed by atoms with Crippen molar-refractivity contribution in [2.75, 3.05) is 18.1 Å². The molecule has 0 radical (unpaired) electrons. The number of thiophene rings is 1. The number of ketones is 1. The molecule has 82 valence electrons. The molecule has 1 atom stereocenters. The van der Waals surface area contributed by atoms with Gasteiger partial charge in [0, 0.05) is 39.2 Å². The van der Waals surface area contributed by atoms with Crippen LogP contribution in [0.2, 0.25) is 0 Å². The van der Waals surface area contributed by atoms with Gasteiger partial charge in [0.25, 0.3) is 0 Å². The first-order valence-corrected chi connectivity index (χ1v) is 7.65. The molecule has 1 aromatic heterocycles. The fourth-order valence-corrected chi connectivity index (χ4v) is 3.94. The van der Waals surface area contributed by atoms with Crippen LogP contribution in [0, 0.1) is 0 Å². The number of halogens is 1. The molecule has 0 bridgehead atoms. The number of hydrogen-bond acceptors (Lipinski definition) is 4. The predicted octanol–water partition coefficient (Wildman–Crippen LogP) is 2.33. The Morgan fingerprint density at radius 3 is 3.13 bits per heavy atom. The highest BCUT2D eigenvalue weighted by atomic mass is 79.9. The van der Waals surface area contributed by atoms with Crippen LogP contribution in [0.4, 0.5) is 0 Å². The normalized spacial score (nSPS) is 21.5. The average molecular weight is 306 g/mol. The standard InChI is InChI=1S/C10H12BrNOS2/c11-7-3-8(15-5-7)4-10(13)9-6-14-2-1-12-9/h3,5,9,12H,1-2,4,6H2. The van der Waals surface area contributed by atoms with Crippen LogP contribution in [0.15, 0.2) is 15.9 Å². The van der Waals surface area contributed by atoms with Gasteiger partial charge in [0.1, 0.15) is 0 Å². The Morgan fingerprint density at radius 2 is 2.53 bits per heavy atom. The van der Waals surface area contributed by atoms with Crippen molar-refractivity contribution in [2.24, 2.45) is 0 Å². The SMILES string of the molecule is O=C(Cc1cc(Br)cs1)C1CSCCN1. The summed E-state index contributed by atoms with van der Waals surface area (Å²) in [5.74, 6) is 2.36. The van der Waals surface area contributed by atoms with Crippen molar-refractivity contribution in [3.8, 4) is 0 Å². The largest absolute Gasteiger partial charge is 0.306 e. The monoisotopic (exact) mass is 305 g/mol. The summed E-state index contributed by atoms with van der Waals surface area (Å²) in [6, 6.07) is 2.09. The number of carbonyl (C=O) groups excluding carboxylic acids is 1. The Hall–Kier alpha value is 0.160. The van der Waals surface area contributed by atoms with Crippen LogP contribution < -0.4 is 5.32 Å². The first kappa shape index (κ1) is 11.6. The summed E-state index contributed by atoms with van der Waals surface area (Å²) in [5.41, 5.74) is 0. The van der Waals surface area contributed by atoms with Gasteiger partial charge in [-0.25, -0.2) is 0 Å². The maximum atomic E-state index is 11.9. The molecule has 0 spiro atoms. The number of carbonyl (C=O) groups is 1. The molecule has 5 heteroatoms. The minimum atomic E-state index is 0.0598. The lowest BCUT2D eigenvalue weighted by Gasteiger charge is -2.21. The molecule has 2 heterocycles. The highest BCUT2D eigenvalue weighted by Crippen LogP contribution is 2.21. The summed E-state index contributed by atoms with van der Waals surface area (Å²) in [6.45, 7) is 0.954. The second-order valence-electron chi connectivity index (χ2n) is 3.46. The lowest BCUT2D eigenvalue weighted by molar-refractivity contribution is -0.119. The zero-order chi connectivity index (χ0) is 10.7. The van der Waals surface area contributed by atoms with E-state index in [1.807, 2.05) is 23.2 Å². The molecule has 1 fully saturated rings. The van der Waals surface area contributed by atoms with Gasteiger partial charge in [-0.05, 0) is 22.0 Å². The van der Waals surface area contributed by atoms with Crippen LogP contribution in [0.5, 0.6) is 0 Å². The number of hydrogen-bond donors (Lipinski definition) is 1. The number of nitrogens with one attached hydrogen (secondary N) is 1. The van der Waals surface area contributed by atoms with E-state index < -0.39 is 0 Å². The smallest absolute Gasteiger partial charge is 0.155 e. The quantitative estimate of drug-likeness (QED) is 0.929. The molecule has 2 nitrogen and oxygen atoms in total. The minimum absolute atomic E-state index is 0.0598. The number of rotatable bonds is 3. The van der Waals surface area contributed by atoms with Crippen LogP contribution in [0.25, 0.3) is 0 Å². The molecule has 0 aromatic carbocycles.